The summed E-state index contributed by atoms with van der Waals surface area (Å²) in [6, 6.07) is 5.19. The van der Waals surface area contributed by atoms with Crippen LogP contribution < -0.4 is 21.7 Å². The predicted octanol–water partition coefficient (Wildman–Crippen LogP) is 1.21. The van der Waals surface area contributed by atoms with Crippen LogP contribution in [0.4, 0.5) is 0 Å². The van der Waals surface area contributed by atoms with E-state index in [1.807, 2.05) is 33.8 Å². The van der Waals surface area contributed by atoms with Crippen LogP contribution in [0.15, 0.2) is 30.3 Å². The molecule has 1 rings (SSSR count). The lowest BCUT2D eigenvalue weighted by atomic mass is 9.95. The lowest BCUT2D eigenvalue weighted by molar-refractivity contribution is -0.142. The number of carbonyl (C=O) groups is 4. The third kappa shape index (κ3) is 8.84. The maximum absolute atomic E-state index is 12.9. The summed E-state index contributed by atoms with van der Waals surface area (Å²) < 4.78 is 0. The zero-order valence-electron chi connectivity index (χ0n) is 20.1. The molecule has 0 aromatic heterocycles. The zero-order chi connectivity index (χ0) is 25.1. The van der Waals surface area contributed by atoms with Crippen LogP contribution in [0.25, 0.3) is 0 Å². The van der Waals surface area contributed by atoms with E-state index in [2.05, 4.69) is 16.0 Å². The van der Waals surface area contributed by atoms with Gasteiger partial charge in [-0.25, -0.2) is 4.79 Å². The van der Waals surface area contributed by atoms with Crippen LogP contribution in [-0.2, 0) is 25.6 Å². The van der Waals surface area contributed by atoms with Gasteiger partial charge < -0.3 is 26.8 Å². The second kappa shape index (κ2) is 13.6. The highest BCUT2D eigenvalue weighted by molar-refractivity contribution is 5.94. The van der Waals surface area contributed by atoms with Crippen LogP contribution in [0.3, 0.4) is 0 Å². The molecule has 6 unspecified atom stereocenters. The molecule has 9 heteroatoms. The largest absolute Gasteiger partial charge is 0.480 e. The van der Waals surface area contributed by atoms with E-state index in [-0.39, 0.29) is 18.3 Å². The topological polar surface area (TPSA) is 151 Å². The van der Waals surface area contributed by atoms with Gasteiger partial charge in [-0.2, -0.15) is 0 Å². The minimum atomic E-state index is -1.17. The standard InChI is InChI=1S/C24H38N4O5/c1-6-14(3)19(25)22(30)28-20(15(4)7-2)23(31)26-16(5)21(29)27-18(24(32)33)13-17-11-9-8-10-12-17/h8-12,14-16,18-20H,6-7,13,25H2,1-5H3,(H,26,31)(H,27,29)(H,28,30)(H,32,33). The number of carboxylic acid groups (broad SMARTS) is 1. The van der Waals surface area contributed by atoms with Crippen molar-refractivity contribution in [3.8, 4) is 0 Å². The maximum Gasteiger partial charge on any atom is 0.326 e. The zero-order valence-corrected chi connectivity index (χ0v) is 20.1. The SMILES string of the molecule is CCC(C)C(N)C(=O)NC(C(=O)NC(C)C(=O)NC(Cc1ccccc1)C(=O)O)C(C)CC. The van der Waals surface area contributed by atoms with Gasteiger partial charge in [0.15, 0.2) is 0 Å². The molecule has 184 valence electrons. The third-order valence-electron chi connectivity index (χ3n) is 6.00. The van der Waals surface area contributed by atoms with Gasteiger partial charge in [-0.1, -0.05) is 70.9 Å². The molecule has 6 atom stereocenters. The van der Waals surface area contributed by atoms with Crippen molar-refractivity contribution in [3.05, 3.63) is 35.9 Å². The van der Waals surface area contributed by atoms with Crippen LogP contribution in [0.2, 0.25) is 0 Å². The number of rotatable bonds is 13. The van der Waals surface area contributed by atoms with Gasteiger partial charge in [0.2, 0.25) is 17.7 Å². The number of hydrogen-bond donors (Lipinski definition) is 5. The average molecular weight is 463 g/mol. The summed E-state index contributed by atoms with van der Waals surface area (Å²) in [4.78, 5) is 49.7. The van der Waals surface area contributed by atoms with Crippen molar-refractivity contribution >= 4 is 23.7 Å². The fraction of sp³-hybridized carbons (Fsp3) is 0.583. The first-order valence-electron chi connectivity index (χ1n) is 11.4. The summed E-state index contributed by atoms with van der Waals surface area (Å²) in [7, 11) is 0. The van der Waals surface area contributed by atoms with Crippen LogP contribution >= 0.6 is 0 Å². The van der Waals surface area contributed by atoms with Crippen molar-refractivity contribution in [2.75, 3.05) is 0 Å². The van der Waals surface area contributed by atoms with Crippen molar-refractivity contribution < 1.29 is 24.3 Å². The van der Waals surface area contributed by atoms with Gasteiger partial charge in [-0.05, 0) is 24.3 Å². The molecule has 0 aliphatic heterocycles. The van der Waals surface area contributed by atoms with E-state index < -0.39 is 47.9 Å². The summed E-state index contributed by atoms with van der Waals surface area (Å²) in [6.45, 7) is 8.98. The van der Waals surface area contributed by atoms with Crippen LogP contribution in [-0.4, -0.2) is 53.0 Å². The fourth-order valence-electron chi connectivity index (χ4n) is 3.18. The van der Waals surface area contributed by atoms with Gasteiger partial charge >= 0.3 is 5.97 Å². The Morgan fingerprint density at radius 2 is 1.42 bits per heavy atom. The van der Waals surface area contributed by atoms with Crippen LogP contribution in [0.1, 0.15) is 53.0 Å². The van der Waals surface area contributed by atoms with Gasteiger partial charge in [0.05, 0.1) is 6.04 Å². The minimum absolute atomic E-state index is 0.0482. The van der Waals surface area contributed by atoms with E-state index >= 15 is 0 Å². The second-order valence-corrected chi connectivity index (χ2v) is 8.60. The molecule has 0 aliphatic rings. The normalized spacial score (nSPS) is 16.4. The lowest BCUT2D eigenvalue weighted by Crippen LogP contribution is -2.58. The number of carboxylic acids is 1. The Hall–Kier alpha value is -2.94. The minimum Gasteiger partial charge on any atom is -0.480 e. The molecule has 9 nitrogen and oxygen atoms in total. The molecular weight excluding hydrogens is 424 g/mol. The number of aliphatic carboxylic acids is 1. The third-order valence-corrected chi connectivity index (χ3v) is 6.00. The van der Waals surface area contributed by atoms with Crippen molar-refractivity contribution in [1.82, 2.24) is 16.0 Å². The number of amides is 3. The molecule has 0 heterocycles. The summed E-state index contributed by atoms with van der Waals surface area (Å²) in [5.41, 5.74) is 6.76. The lowest BCUT2D eigenvalue weighted by Gasteiger charge is -2.28. The highest BCUT2D eigenvalue weighted by Crippen LogP contribution is 2.11. The molecule has 1 aromatic carbocycles. The molecule has 0 bridgehead atoms. The average Bonchev–Trinajstić information content (AvgIpc) is 2.80. The molecule has 0 spiro atoms. The smallest absolute Gasteiger partial charge is 0.326 e. The number of hydrogen-bond acceptors (Lipinski definition) is 5. The Kier molecular flexibility index (Phi) is 11.6. The summed E-state index contributed by atoms with van der Waals surface area (Å²) in [6.07, 6.45) is 1.46. The molecule has 1 aromatic rings. The van der Waals surface area contributed by atoms with E-state index in [1.54, 1.807) is 24.3 Å². The number of carbonyl (C=O) groups excluding carboxylic acids is 3. The first kappa shape index (κ1) is 28.1. The molecule has 0 saturated heterocycles. The van der Waals surface area contributed by atoms with Gasteiger partial charge in [0.1, 0.15) is 18.1 Å². The van der Waals surface area contributed by atoms with Gasteiger partial charge in [0, 0.05) is 6.42 Å². The Bertz CT molecular complexity index is 801. The van der Waals surface area contributed by atoms with Crippen molar-refractivity contribution in [2.45, 2.75) is 78.0 Å². The van der Waals surface area contributed by atoms with Gasteiger partial charge in [-0.15, -0.1) is 0 Å². The van der Waals surface area contributed by atoms with Crippen LogP contribution in [0.5, 0.6) is 0 Å². The first-order chi connectivity index (χ1) is 15.5. The maximum atomic E-state index is 12.9. The summed E-state index contributed by atoms with van der Waals surface area (Å²) in [5, 5.41) is 17.3. The van der Waals surface area contributed by atoms with Crippen molar-refractivity contribution in [3.63, 3.8) is 0 Å². The number of nitrogens with two attached hydrogens (primary N) is 1. The van der Waals surface area contributed by atoms with E-state index in [1.165, 1.54) is 6.92 Å². The van der Waals surface area contributed by atoms with E-state index in [9.17, 15) is 24.3 Å². The highest BCUT2D eigenvalue weighted by atomic mass is 16.4. The Morgan fingerprint density at radius 1 is 0.848 bits per heavy atom. The molecule has 33 heavy (non-hydrogen) atoms. The van der Waals surface area contributed by atoms with Gasteiger partial charge in [0.25, 0.3) is 0 Å². The fourth-order valence-corrected chi connectivity index (χ4v) is 3.18. The predicted molar refractivity (Wildman–Crippen MR) is 126 cm³/mol. The Morgan fingerprint density at radius 3 is 1.94 bits per heavy atom. The summed E-state index contributed by atoms with van der Waals surface area (Å²) in [5.74, 6) is -2.99. The van der Waals surface area contributed by atoms with Crippen molar-refractivity contribution in [2.24, 2.45) is 17.6 Å². The molecule has 3 amide bonds. The molecule has 0 saturated carbocycles. The molecule has 0 radical (unpaired) electrons. The molecule has 6 N–H and O–H groups in total. The van der Waals surface area contributed by atoms with E-state index in [4.69, 9.17) is 5.73 Å². The molecule has 0 aliphatic carbocycles. The quantitative estimate of drug-likeness (QED) is 0.297. The van der Waals surface area contributed by atoms with E-state index in [0.29, 0.717) is 6.42 Å². The molecular formula is C24H38N4O5. The highest BCUT2D eigenvalue weighted by Gasteiger charge is 2.31. The molecule has 0 fully saturated rings. The van der Waals surface area contributed by atoms with E-state index in [0.717, 1.165) is 12.0 Å². The van der Waals surface area contributed by atoms with Crippen LogP contribution in [0, 0.1) is 11.8 Å². The Labute approximate surface area is 195 Å². The first-order valence-corrected chi connectivity index (χ1v) is 11.4. The second-order valence-electron chi connectivity index (χ2n) is 8.60. The van der Waals surface area contributed by atoms with Gasteiger partial charge in [-0.3, -0.25) is 14.4 Å². The number of nitrogens with one attached hydrogen (secondary N) is 3. The monoisotopic (exact) mass is 462 g/mol. The summed E-state index contributed by atoms with van der Waals surface area (Å²) >= 11 is 0. The number of benzene rings is 1. The Balaban J connectivity index is 2.81. The van der Waals surface area contributed by atoms with Crippen molar-refractivity contribution in [1.29, 1.82) is 0 Å².